The molecule has 0 saturated carbocycles. The summed E-state index contributed by atoms with van der Waals surface area (Å²) in [6, 6.07) is 13.5. The Kier molecular flexibility index (Phi) is 9.73. The topological polar surface area (TPSA) is 0 Å². The average molecular weight is 468 g/mol. The molecule has 0 unspecified atom stereocenters. The Hall–Kier alpha value is -0.550. The van der Waals surface area contributed by atoms with E-state index in [9.17, 15) is 0 Å². The third-order valence-corrected chi connectivity index (χ3v) is 10.6. The standard InChI is InChI=1S/C27H41Cl2P/c1-8-9-10-13-16-30(28,29)26-15-12-11-14-23(26)27-24(20(4)5)17-22(19(2)3)18-25(27)21(6)7/h11-12,14-15,17-21,30H,8-10,13,16H2,1-7H3. The minimum absolute atomic E-state index is 0.440. The number of hydrogen-bond acceptors (Lipinski definition) is 0. The van der Waals surface area contributed by atoms with Crippen LogP contribution in [-0.2, 0) is 0 Å². The summed E-state index contributed by atoms with van der Waals surface area (Å²) in [5, 5.41) is 1.19. The van der Waals surface area contributed by atoms with Crippen molar-refractivity contribution in [3.8, 4) is 11.1 Å². The molecule has 0 atom stereocenters. The van der Waals surface area contributed by atoms with E-state index in [1.165, 1.54) is 52.4 Å². The van der Waals surface area contributed by atoms with Crippen molar-refractivity contribution in [2.75, 3.05) is 6.16 Å². The third-order valence-electron chi connectivity index (χ3n) is 6.07. The molecule has 0 bridgehead atoms. The van der Waals surface area contributed by atoms with Crippen LogP contribution in [0.25, 0.3) is 11.1 Å². The summed E-state index contributed by atoms with van der Waals surface area (Å²) in [5.41, 5.74) is 6.88. The summed E-state index contributed by atoms with van der Waals surface area (Å²) < 4.78 is 0. The summed E-state index contributed by atoms with van der Waals surface area (Å²) in [4.78, 5) is 0. The van der Waals surface area contributed by atoms with Gasteiger partial charge in [-0.25, -0.2) is 0 Å². The van der Waals surface area contributed by atoms with Crippen molar-refractivity contribution in [1.29, 1.82) is 0 Å². The van der Waals surface area contributed by atoms with E-state index in [1.807, 2.05) is 0 Å². The minimum atomic E-state index is -2.56. The fraction of sp³-hybridized carbons (Fsp3) is 0.556. The van der Waals surface area contributed by atoms with Crippen molar-refractivity contribution >= 4 is 33.8 Å². The molecule has 0 fully saturated rings. The van der Waals surface area contributed by atoms with Crippen LogP contribution in [0, 0.1) is 0 Å². The third kappa shape index (κ3) is 6.25. The van der Waals surface area contributed by atoms with Gasteiger partial charge in [0.15, 0.2) is 0 Å². The Labute approximate surface area is 195 Å². The van der Waals surface area contributed by atoms with Crippen LogP contribution < -0.4 is 5.30 Å². The molecular formula is C27H41Cl2P. The number of unbranched alkanes of at least 4 members (excludes halogenated alkanes) is 3. The van der Waals surface area contributed by atoms with Crippen LogP contribution in [-0.4, -0.2) is 6.16 Å². The van der Waals surface area contributed by atoms with Gasteiger partial charge in [-0.2, -0.15) is 0 Å². The normalized spacial score (nSPS) is 12.9. The van der Waals surface area contributed by atoms with Crippen molar-refractivity contribution in [3.05, 3.63) is 53.1 Å². The zero-order chi connectivity index (χ0) is 22.5. The van der Waals surface area contributed by atoms with E-state index in [1.54, 1.807) is 0 Å². The molecule has 0 aromatic heterocycles. The van der Waals surface area contributed by atoms with Gasteiger partial charge in [0.1, 0.15) is 0 Å². The van der Waals surface area contributed by atoms with Crippen LogP contribution in [0.5, 0.6) is 0 Å². The van der Waals surface area contributed by atoms with Gasteiger partial charge in [-0.1, -0.05) is 0 Å². The maximum absolute atomic E-state index is 7.15. The molecule has 168 valence electrons. The van der Waals surface area contributed by atoms with Gasteiger partial charge in [-0.05, 0) is 0 Å². The number of benzene rings is 2. The van der Waals surface area contributed by atoms with E-state index >= 15 is 0 Å². The van der Waals surface area contributed by atoms with Gasteiger partial charge in [0.05, 0.1) is 0 Å². The molecule has 0 amide bonds. The van der Waals surface area contributed by atoms with Crippen molar-refractivity contribution in [3.63, 3.8) is 0 Å². The predicted octanol–water partition coefficient (Wildman–Crippen LogP) is 9.99. The van der Waals surface area contributed by atoms with Gasteiger partial charge >= 0.3 is 196 Å². The first kappa shape index (κ1) is 25.7. The molecule has 2 rings (SSSR count). The molecule has 0 aliphatic carbocycles. The van der Waals surface area contributed by atoms with Crippen LogP contribution in [0.4, 0.5) is 0 Å². The second-order valence-electron chi connectivity index (χ2n) is 9.60. The van der Waals surface area contributed by atoms with Crippen LogP contribution in [0.3, 0.4) is 0 Å². The molecule has 0 saturated heterocycles. The Balaban J connectivity index is 2.67. The fourth-order valence-corrected chi connectivity index (χ4v) is 7.89. The van der Waals surface area contributed by atoms with Gasteiger partial charge in [0, 0.05) is 0 Å². The Bertz CT molecular complexity index is 792. The van der Waals surface area contributed by atoms with E-state index in [4.69, 9.17) is 22.5 Å². The summed E-state index contributed by atoms with van der Waals surface area (Å²) in [6.07, 6.45) is 5.73. The van der Waals surface area contributed by atoms with Crippen LogP contribution in [0.2, 0.25) is 0 Å². The molecular weight excluding hydrogens is 426 g/mol. The van der Waals surface area contributed by atoms with Crippen LogP contribution >= 0.6 is 28.4 Å². The number of rotatable bonds is 10. The van der Waals surface area contributed by atoms with Crippen molar-refractivity contribution in [2.45, 2.75) is 91.9 Å². The first-order valence-electron chi connectivity index (χ1n) is 11.8. The molecule has 2 aromatic rings. The summed E-state index contributed by atoms with van der Waals surface area (Å²) in [6.45, 7) is 16.0. The van der Waals surface area contributed by atoms with Crippen LogP contribution in [0.15, 0.2) is 36.4 Å². The monoisotopic (exact) mass is 466 g/mol. The average Bonchev–Trinajstić information content (AvgIpc) is 2.70. The van der Waals surface area contributed by atoms with Crippen molar-refractivity contribution in [1.82, 2.24) is 0 Å². The second kappa shape index (κ2) is 11.4. The summed E-state index contributed by atoms with van der Waals surface area (Å²) in [7, 11) is 0. The van der Waals surface area contributed by atoms with E-state index < -0.39 is 5.97 Å². The Morgan fingerprint density at radius 2 is 1.33 bits per heavy atom. The van der Waals surface area contributed by atoms with Gasteiger partial charge in [-0.3, -0.25) is 0 Å². The Morgan fingerprint density at radius 3 is 1.83 bits per heavy atom. The molecule has 0 radical (unpaired) electrons. The van der Waals surface area contributed by atoms with E-state index in [2.05, 4.69) is 84.9 Å². The molecule has 0 heterocycles. The van der Waals surface area contributed by atoms with Gasteiger partial charge in [-0.15, -0.1) is 0 Å². The Morgan fingerprint density at radius 1 is 0.767 bits per heavy atom. The zero-order valence-electron chi connectivity index (χ0n) is 20.0. The predicted molar refractivity (Wildman–Crippen MR) is 143 cm³/mol. The van der Waals surface area contributed by atoms with E-state index in [0.717, 1.165) is 12.6 Å². The van der Waals surface area contributed by atoms with Gasteiger partial charge < -0.3 is 0 Å². The maximum atomic E-state index is 7.15. The zero-order valence-corrected chi connectivity index (χ0v) is 22.5. The number of halogens is 2. The molecule has 0 nitrogen and oxygen atoms in total. The van der Waals surface area contributed by atoms with Gasteiger partial charge in [0.25, 0.3) is 0 Å². The molecule has 2 aromatic carbocycles. The molecule has 30 heavy (non-hydrogen) atoms. The molecule has 0 spiro atoms. The first-order valence-corrected chi connectivity index (χ1v) is 16.0. The molecule has 0 aliphatic rings. The van der Waals surface area contributed by atoms with E-state index in [-0.39, 0.29) is 0 Å². The first-order chi connectivity index (χ1) is 14.1. The molecule has 0 N–H and O–H groups in total. The van der Waals surface area contributed by atoms with Crippen molar-refractivity contribution < 1.29 is 0 Å². The SMILES string of the molecule is CCCCCC[PH](Cl)(Cl)c1ccccc1-c1c(C(C)C)cc(C(C)C)cc1C(C)C. The van der Waals surface area contributed by atoms with Crippen LogP contribution in [0.1, 0.15) is 109 Å². The quantitative estimate of drug-likeness (QED) is 0.241. The number of hydrogen-bond donors (Lipinski definition) is 0. The summed E-state index contributed by atoms with van der Waals surface area (Å²) >= 11 is 14.3. The summed E-state index contributed by atoms with van der Waals surface area (Å²) in [5.74, 6) is -1.17. The van der Waals surface area contributed by atoms with E-state index in [0.29, 0.717) is 17.8 Å². The fourth-order valence-electron chi connectivity index (χ4n) is 4.20. The molecule has 0 aliphatic heterocycles. The molecule has 3 heteroatoms. The van der Waals surface area contributed by atoms with Crippen molar-refractivity contribution in [2.24, 2.45) is 0 Å². The second-order valence-corrected chi connectivity index (χ2v) is 16.5. The van der Waals surface area contributed by atoms with Gasteiger partial charge in [0.2, 0.25) is 0 Å².